The first-order chi connectivity index (χ1) is 7.63. The van der Waals surface area contributed by atoms with Gasteiger partial charge in [-0.3, -0.25) is 0 Å². The van der Waals surface area contributed by atoms with Gasteiger partial charge >= 0.3 is 0 Å². The Morgan fingerprint density at radius 1 is 0.875 bits per heavy atom. The molecule has 2 aromatic carbocycles. The van der Waals surface area contributed by atoms with Crippen LogP contribution in [0.2, 0.25) is 0 Å². The molecule has 0 atom stereocenters. The summed E-state index contributed by atoms with van der Waals surface area (Å²) in [5.41, 5.74) is 13.8. The molecule has 0 aliphatic rings. The van der Waals surface area contributed by atoms with E-state index < -0.39 is 0 Å². The first-order valence-electron chi connectivity index (χ1n) is 5.04. The van der Waals surface area contributed by atoms with Crippen LogP contribution in [-0.2, 0) is 0 Å². The SMILES string of the molecule is Cc1cc(N)cc(Oc2cccc(N)c2)c1. The minimum Gasteiger partial charge on any atom is -0.457 e. The van der Waals surface area contributed by atoms with Gasteiger partial charge in [0.05, 0.1) is 0 Å². The molecule has 0 radical (unpaired) electrons. The van der Waals surface area contributed by atoms with Gasteiger partial charge < -0.3 is 16.2 Å². The van der Waals surface area contributed by atoms with Gasteiger partial charge in [-0.1, -0.05) is 6.07 Å². The third-order valence-corrected chi connectivity index (χ3v) is 2.17. The summed E-state index contributed by atoms with van der Waals surface area (Å²) in [5, 5.41) is 0. The van der Waals surface area contributed by atoms with Gasteiger partial charge in [0.2, 0.25) is 0 Å². The normalized spacial score (nSPS) is 10.1. The van der Waals surface area contributed by atoms with Crippen LogP contribution in [0.25, 0.3) is 0 Å². The number of nitrogens with two attached hydrogens (primary N) is 2. The predicted molar refractivity (Wildman–Crippen MR) is 66.5 cm³/mol. The van der Waals surface area contributed by atoms with Gasteiger partial charge in [0.1, 0.15) is 11.5 Å². The second-order valence-corrected chi connectivity index (χ2v) is 3.75. The molecular weight excluding hydrogens is 200 g/mol. The van der Waals surface area contributed by atoms with E-state index in [4.69, 9.17) is 16.2 Å². The molecule has 3 nitrogen and oxygen atoms in total. The molecule has 0 aliphatic heterocycles. The molecule has 0 amide bonds. The van der Waals surface area contributed by atoms with E-state index in [-0.39, 0.29) is 0 Å². The van der Waals surface area contributed by atoms with Crippen molar-refractivity contribution in [1.29, 1.82) is 0 Å². The summed E-state index contributed by atoms with van der Waals surface area (Å²) >= 11 is 0. The molecule has 0 saturated heterocycles. The highest BCUT2D eigenvalue weighted by Crippen LogP contribution is 2.25. The van der Waals surface area contributed by atoms with Crippen LogP contribution in [0.4, 0.5) is 11.4 Å². The molecule has 0 bridgehead atoms. The number of aryl methyl sites for hydroxylation is 1. The Morgan fingerprint density at radius 2 is 1.62 bits per heavy atom. The lowest BCUT2D eigenvalue weighted by Crippen LogP contribution is -1.90. The van der Waals surface area contributed by atoms with Gasteiger partial charge in [-0.25, -0.2) is 0 Å². The van der Waals surface area contributed by atoms with Crippen LogP contribution in [0.15, 0.2) is 42.5 Å². The number of hydrogen-bond acceptors (Lipinski definition) is 3. The molecule has 0 unspecified atom stereocenters. The molecule has 4 N–H and O–H groups in total. The van der Waals surface area contributed by atoms with Crippen molar-refractivity contribution in [3.8, 4) is 11.5 Å². The summed E-state index contributed by atoms with van der Waals surface area (Å²) < 4.78 is 5.66. The van der Waals surface area contributed by atoms with Crippen LogP contribution in [-0.4, -0.2) is 0 Å². The van der Waals surface area contributed by atoms with Gasteiger partial charge in [0, 0.05) is 23.5 Å². The maximum absolute atomic E-state index is 5.74. The van der Waals surface area contributed by atoms with E-state index in [9.17, 15) is 0 Å². The fourth-order valence-electron chi connectivity index (χ4n) is 1.55. The van der Waals surface area contributed by atoms with Crippen molar-refractivity contribution in [3.05, 3.63) is 48.0 Å². The number of ether oxygens (including phenoxy) is 1. The van der Waals surface area contributed by atoms with E-state index in [2.05, 4.69) is 0 Å². The first-order valence-corrected chi connectivity index (χ1v) is 5.04. The average Bonchev–Trinajstić information content (AvgIpc) is 2.15. The lowest BCUT2D eigenvalue weighted by atomic mass is 10.2. The largest absolute Gasteiger partial charge is 0.457 e. The summed E-state index contributed by atoms with van der Waals surface area (Å²) in [5.74, 6) is 1.44. The van der Waals surface area contributed by atoms with Crippen LogP contribution in [0.1, 0.15) is 5.56 Å². The van der Waals surface area contributed by atoms with Crippen molar-refractivity contribution in [2.75, 3.05) is 11.5 Å². The Hall–Kier alpha value is -2.16. The van der Waals surface area contributed by atoms with Crippen molar-refractivity contribution in [3.63, 3.8) is 0 Å². The fourth-order valence-corrected chi connectivity index (χ4v) is 1.55. The van der Waals surface area contributed by atoms with Gasteiger partial charge in [0.15, 0.2) is 0 Å². The monoisotopic (exact) mass is 214 g/mol. The van der Waals surface area contributed by atoms with Gasteiger partial charge in [-0.05, 0) is 36.8 Å². The standard InChI is InChI=1S/C13H14N2O/c1-9-5-11(15)8-13(6-9)16-12-4-2-3-10(14)7-12/h2-8H,14-15H2,1H3. The summed E-state index contributed by atoms with van der Waals surface area (Å²) in [6.07, 6.45) is 0. The van der Waals surface area contributed by atoms with Crippen LogP contribution in [0.3, 0.4) is 0 Å². The van der Waals surface area contributed by atoms with Gasteiger partial charge in [-0.15, -0.1) is 0 Å². The Balaban J connectivity index is 2.27. The van der Waals surface area contributed by atoms with E-state index in [1.54, 1.807) is 12.1 Å². The van der Waals surface area contributed by atoms with E-state index in [0.29, 0.717) is 17.1 Å². The minimum absolute atomic E-state index is 0.679. The van der Waals surface area contributed by atoms with Crippen LogP contribution in [0.5, 0.6) is 11.5 Å². The average molecular weight is 214 g/mol. The van der Waals surface area contributed by atoms with Gasteiger partial charge in [0.25, 0.3) is 0 Å². The molecule has 16 heavy (non-hydrogen) atoms. The molecule has 0 saturated carbocycles. The Morgan fingerprint density at radius 3 is 2.31 bits per heavy atom. The van der Waals surface area contributed by atoms with Crippen LogP contribution < -0.4 is 16.2 Å². The summed E-state index contributed by atoms with van der Waals surface area (Å²) in [7, 11) is 0. The predicted octanol–water partition coefficient (Wildman–Crippen LogP) is 2.95. The van der Waals surface area contributed by atoms with Gasteiger partial charge in [-0.2, -0.15) is 0 Å². The highest BCUT2D eigenvalue weighted by atomic mass is 16.5. The molecular formula is C13H14N2O. The van der Waals surface area contributed by atoms with Crippen molar-refractivity contribution >= 4 is 11.4 Å². The lowest BCUT2D eigenvalue weighted by Gasteiger charge is -2.08. The molecule has 0 spiro atoms. The zero-order valence-corrected chi connectivity index (χ0v) is 9.10. The molecule has 0 fully saturated rings. The minimum atomic E-state index is 0.679. The van der Waals surface area contributed by atoms with Crippen LogP contribution >= 0.6 is 0 Å². The molecule has 2 aromatic rings. The second kappa shape index (κ2) is 4.14. The molecule has 0 heterocycles. The number of anilines is 2. The number of nitrogen functional groups attached to an aromatic ring is 2. The first kappa shape index (κ1) is 10.4. The summed E-state index contributed by atoms with van der Waals surface area (Å²) in [6, 6.07) is 12.9. The molecule has 0 aromatic heterocycles. The highest BCUT2D eigenvalue weighted by molar-refractivity contribution is 5.50. The van der Waals surface area contributed by atoms with Crippen molar-refractivity contribution < 1.29 is 4.74 Å². The molecule has 3 heteroatoms. The second-order valence-electron chi connectivity index (χ2n) is 3.75. The molecule has 2 rings (SSSR count). The zero-order valence-electron chi connectivity index (χ0n) is 9.10. The smallest absolute Gasteiger partial charge is 0.129 e. The third kappa shape index (κ3) is 2.45. The van der Waals surface area contributed by atoms with Crippen LogP contribution in [0, 0.1) is 6.92 Å². The lowest BCUT2D eigenvalue weighted by molar-refractivity contribution is 0.483. The van der Waals surface area contributed by atoms with E-state index in [0.717, 1.165) is 11.3 Å². The van der Waals surface area contributed by atoms with Crippen molar-refractivity contribution in [2.45, 2.75) is 6.92 Å². The van der Waals surface area contributed by atoms with E-state index in [1.807, 2.05) is 37.3 Å². The number of rotatable bonds is 2. The number of hydrogen-bond donors (Lipinski definition) is 2. The maximum Gasteiger partial charge on any atom is 0.129 e. The Bertz CT molecular complexity index is 489. The number of benzene rings is 2. The summed E-state index contributed by atoms with van der Waals surface area (Å²) in [6.45, 7) is 1.97. The van der Waals surface area contributed by atoms with E-state index >= 15 is 0 Å². The zero-order chi connectivity index (χ0) is 11.5. The summed E-state index contributed by atoms with van der Waals surface area (Å²) in [4.78, 5) is 0. The Kier molecular flexibility index (Phi) is 2.68. The molecule has 82 valence electrons. The highest BCUT2D eigenvalue weighted by Gasteiger charge is 1.99. The molecule has 0 aliphatic carbocycles. The Labute approximate surface area is 94.6 Å². The topological polar surface area (TPSA) is 61.3 Å². The van der Waals surface area contributed by atoms with Crippen molar-refractivity contribution in [1.82, 2.24) is 0 Å². The third-order valence-electron chi connectivity index (χ3n) is 2.17. The van der Waals surface area contributed by atoms with Crippen molar-refractivity contribution in [2.24, 2.45) is 0 Å². The van der Waals surface area contributed by atoms with E-state index in [1.165, 1.54) is 0 Å². The quantitative estimate of drug-likeness (QED) is 0.755. The maximum atomic E-state index is 5.74. The fraction of sp³-hybridized carbons (Fsp3) is 0.0769.